The van der Waals surface area contributed by atoms with E-state index in [1.54, 1.807) is 36.0 Å². The summed E-state index contributed by atoms with van der Waals surface area (Å²) in [5.74, 6) is 1.22. The summed E-state index contributed by atoms with van der Waals surface area (Å²) in [5.41, 5.74) is 2.56. The van der Waals surface area contributed by atoms with Crippen LogP contribution in [0.25, 0.3) is 5.69 Å². The van der Waals surface area contributed by atoms with Gasteiger partial charge in [-0.1, -0.05) is 23.9 Å². The molecule has 0 N–H and O–H groups in total. The van der Waals surface area contributed by atoms with Gasteiger partial charge in [-0.3, -0.25) is 9.47 Å². The van der Waals surface area contributed by atoms with E-state index in [-0.39, 0.29) is 11.9 Å². The Kier molecular flexibility index (Phi) is 5.89. The van der Waals surface area contributed by atoms with Crippen molar-refractivity contribution in [3.63, 3.8) is 0 Å². The number of thioether (sulfide) groups is 1. The number of rotatable bonds is 6. The summed E-state index contributed by atoms with van der Waals surface area (Å²) in [7, 11) is 3.97. The molecule has 0 aliphatic rings. The first-order chi connectivity index (χ1) is 13.0. The maximum Gasteiger partial charge on any atom is 0.196 e. The van der Waals surface area contributed by atoms with E-state index in [1.807, 2.05) is 30.8 Å². The van der Waals surface area contributed by atoms with Crippen molar-refractivity contribution in [2.75, 3.05) is 14.1 Å². The van der Waals surface area contributed by atoms with Gasteiger partial charge < -0.3 is 0 Å². The van der Waals surface area contributed by atoms with Crippen molar-refractivity contribution in [1.82, 2.24) is 19.7 Å². The quantitative estimate of drug-likeness (QED) is 0.599. The number of nitrogens with zero attached hydrogens (tertiary/aromatic N) is 5. The van der Waals surface area contributed by atoms with Crippen LogP contribution < -0.4 is 0 Å². The topological polar surface area (TPSA) is 57.7 Å². The third kappa shape index (κ3) is 4.35. The first-order valence-corrected chi connectivity index (χ1v) is 9.47. The first kappa shape index (κ1) is 19.1. The molecule has 5 nitrogen and oxygen atoms in total. The fourth-order valence-corrected chi connectivity index (χ4v) is 3.45. The average molecular weight is 381 g/mol. The molecule has 0 aliphatic heterocycles. The highest BCUT2D eigenvalue weighted by Gasteiger charge is 2.21. The van der Waals surface area contributed by atoms with Crippen molar-refractivity contribution in [3.05, 3.63) is 71.3 Å². The van der Waals surface area contributed by atoms with Gasteiger partial charge >= 0.3 is 0 Å². The third-order valence-corrected chi connectivity index (χ3v) is 5.34. The van der Waals surface area contributed by atoms with Crippen LogP contribution in [0, 0.1) is 17.1 Å². The Morgan fingerprint density at radius 3 is 2.37 bits per heavy atom. The van der Waals surface area contributed by atoms with Crippen LogP contribution in [0.5, 0.6) is 0 Å². The van der Waals surface area contributed by atoms with Crippen LogP contribution in [-0.4, -0.2) is 33.8 Å². The molecular formula is C20H20FN5S. The molecule has 2 aromatic carbocycles. The highest BCUT2D eigenvalue weighted by molar-refractivity contribution is 7.98. The van der Waals surface area contributed by atoms with Crippen molar-refractivity contribution in [3.8, 4) is 11.8 Å². The van der Waals surface area contributed by atoms with Crippen LogP contribution in [0.2, 0.25) is 0 Å². The Bertz CT molecular complexity index is 942. The zero-order valence-electron chi connectivity index (χ0n) is 15.4. The molecule has 0 saturated carbocycles. The van der Waals surface area contributed by atoms with Crippen molar-refractivity contribution < 1.29 is 4.39 Å². The highest BCUT2D eigenvalue weighted by atomic mass is 32.2. The zero-order valence-corrected chi connectivity index (χ0v) is 16.2. The van der Waals surface area contributed by atoms with Crippen LogP contribution in [0.4, 0.5) is 4.39 Å². The van der Waals surface area contributed by atoms with Crippen molar-refractivity contribution in [1.29, 1.82) is 5.26 Å². The van der Waals surface area contributed by atoms with Crippen LogP contribution in [0.3, 0.4) is 0 Å². The molecule has 0 aliphatic carbocycles. The largest absolute Gasteiger partial charge is 0.300 e. The smallest absolute Gasteiger partial charge is 0.196 e. The van der Waals surface area contributed by atoms with E-state index in [1.165, 1.54) is 12.1 Å². The number of benzene rings is 2. The summed E-state index contributed by atoms with van der Waals surface area (Å²) in [6.07, 6.45) is 0. The second-order valence-corrected chi connectivity index (χ2v) is 7.33. The second-order valence-electron chi connectivity index (χ2n) is 6.39. The third-order valence-electron chi connectivity index (χ3n) is 4.34. The molecule has 0 amide bonds. The van der Waals surface area contributed by atoms with Gasteiger partial charge in [-0.25, -0.2) is 4.39 Å². The maximum atomic E-state index is 13.4. The van der Waals surface area contributed by atoms with E-state index in [4.69, 9.17) is 5.26 Å². The van der Waals surface area contributed by atoms with Crippen LogP contribution in [0.15, 0.2) is 53.7 Å². The average Bonchev–Trinajstić information content (AvgIpc) is 3.10. The minimum Gasteiger partial charge on any atom is -0.300 e. The lowest BCUT2D eigenvalue weighted by Crippen LogP contribution is -2.20. The van der Waals surface area contributed by atoms with Gasteiger partial charge in [-0.15, -0.1) is 10.2 Å². The normalized spacial score (nSPS) is 12.1. The number of halogens is 1. The summed E-state index contributed by atoms with van der Waals surface area (Å²) in [5, 5.41) is 18.4. The lowest BCUT2D eigenvalue weighted by atomic mass is 10.2. The van der Waals surface area contributed by atoms with E-state index < -0.39 is 0 Å². The Morgan fingerprint density at radius 1 is 1.11 bits per heavy atom. The van der Waals surface area contributed by atoms with Crippen molar-refractivity contribution in [2.24, 2.45) is 0 Å². The number of aromatic nitrogens is 3. The van der Waals surface area contributed by atoms with E-state index >= 15 is 0 Å². The van der Waals surface area contributed by atoms with Crippen LogP contribution >= 0.6 is 11.8 Å². The van der Waals surface area contributed by atoms with E-state index in [2.05, 4.69) is 28.1 Å². The number of hydrogen-bond donors (Lipinski definition) is 0. The van der Waals surface area contributed by atoms with Crippen molar-refractivity contribution in [2.45, 2.75) is 23.9 Å². The van der Waals surface area contributed by atoms with E-state index in [0.29, 0.717) is 11.3 Å². The summed E-state index contributed by atoms with van der Waals surface area (Å²) < 4.78 is 15.3. The Balaban J connectivity index is 1.92. The molecule has 27 heavy (non-hydrogen) atoms. The Morgan fingerprint density at radius 2 is 1.78 bits per heavy atom. The molecular weight excluding hydrogens is 361 g/mol. The lowest BCUT2D eigenvalue weighted by Gasteiger charge is -2.20. The van der Waals surface area contributed by atoms with Crippen LogP contribution in [0.1, 0.15) is 29.9 Å². The highest BCUT2D eigenvalue weighted by Crippen LogP contribution is 2.28. The molecule has 0 bridgehead atoms. The standard InChI is InChI=1S/C20H20FN5S/c1-14(25(2)3)19-23-24-20(26(19)18-10-8-17(21)9-11-18)27-13-16-6-4-15(12-22)5-7-16/h4-11,14H,13H2,1-3H3/t14-/m1/s1. The summed E-state index contributed by atoms with van der Waals surface area (Å²) in [6, 6.07) is 16.0. The predicted octanol–water partition coefficient (Wildman–Crippen LogP) is 4.19. The summed E-state index contributed by atoms with van der Waals surface area (Å²) in [4.78, 5) is 2.05. The maximum absolute atomic E-state index is 13.4. The first-order valence-electron chi connectivity index (χ1n) is 8.49. The zero-order chi connectivity index (χ0) is 19.4. The predicted molar refractivity (Wildman–Crippen MR) is 104 cm³/mol. The molecule has 3 aromatic rings. The van der Waals surface area contributed by atoms with Crippen LogP contribution in [-0.2, 0) is 5.75 Å². The molecule has 0 radical (unpaired) electrons. The molecule has 138 valence electrons. The molecule has 1 atom stereocenters. The fourth-order valence-electron chi connectivity index (χ4n) is 2.53. The monoisotopic (exact) mass is 381 g/mol. The summed E-state index contributed by atoms with van der Waals surface area (Å²) in [6.45, 7) is 2.05. The second kappa shape index (κ2) is 8.33. The Labute approximate surface area is 162 Å². The molecule has 0 unspecified atom stereocenters. The van der Waals surface area contributed by atoms with Gasteiger partial charge in [0, 0.05) is 11.4 Å². The molecule has 3 rings (SSSR count). The van der Waals surface area contributed by atoms with Gasteiger partial charge in [0.2, 0.25) is 0 Å². The molecule has 7 heteroatoms. The number of hydrogen-bond acceptors (Lipinski definition) is 5. The fraction of sp³-hybridized carbons (Fsp3) is 0.250. The molecule has 0 fully saturated rings. The number of nitriles is 1. The SMILES string of the molecule is C[C@H](c1nnc(SCc2ccc(C#N)cc2)n1-c1ccc(F)cc1)N(C)C. The molecule has 1 aromatic heterocycles. The Hall–Kier alpha value is -2.69. The van der Waals surface area contributed by atoms with Gasteiger partial charge in [0.1, 0.15) is 5.82 Å². The minimum atomic E-state index is -0.277. The molecule has 0 saturated heterocycles. The molecule has 1 heterocycles. The van der Waals surface area contributed by atoms with Gasteiger partial charge in [0.05, 0.1) is 17.7 Å². The van der Waals surface area contributed by atoms with Gasteiger partial charge in [0.15, 0.2) is 11.0 Å². The van der Waals surface area contributed by atoms with Gasteiger partial charge in [-0.2, -0.15) is 5.26 Å². The van der Waals surface area contributed by atoms with E-state index in [0.717, 1.165) is 22.2 Å². The molecule has 0 spiro atoms. The van der Waals surface area contributed by atoms with Gasteiger partial charge in [-0.05, 0) is 63.0 Å². The minimum absolute atomic E-state index is 0.0480. The summed E-state index contributed by atoms with van der Waals surface area (Å²) >= 11 is 1.56. The van der Waals surface area contributed by atoms with E-state index in [9.17, 15) is 4.39 Å². The lowest BCUT2D eigenvalue weighted by molar-refractivity contribution is 0.305. The van der Waals surface area contributed by atoms with Gasteiger partial charge in [0.25, 0.3) is 0 Å². The van der Waals surface area contributed by atoms with Crippen molar-refractivity contribution >= 4 is 11.8 Å².